The van der Waals surface area contributed by atoms with Gasteiger partial charge >= 0.3 is 0 Å². The lowest BCUT2D eigenvalue weighted by atomic mass is 10.1. The second-order valence-electron chi connectivity index (χ2n) is 7.07. The van der Waals surface area contributed by atoms with E-state index in [0.29, 0.717) is 10.4 Å². The third-order valence-corrected chi connectivity index (χ3v) is 5.42. The minimum absolute atomic E-state index is 0.524. The van der Waals surface area contributed by atoms with Gasteiger partial charge in [0.2, 0.25) is 0 Å². The second-order valence-corrected chi connectivity index (χ2v) is 8.17. The molecule has 0 unspecified atom stereocenters. The van der Waals surface area contributed by atoms with Crippen LogP contribution in [0.2, 0.25) is 0 Å². The van der Waals surface area contributed by atoms with Crippen molar-refractivity contribution in [2.24, 2.45) is 10.7 Å². The van der Waals surface area contributed by atoms with Crippen LogP contribution in [0.3, 0.4) is 0 Å². The molecule has 7 heteroatoms. The summed E-state index contributed by atoms with van der Waals surface area (Å²) in [5, 5.41) is 0. The molecular formula is C23H30IN5O. The van der Waals surface area contributed by atoms with Crippen LogP contribution in [0, 0.1) is 0 Å². The number of nitrogens with zero attached hydrogens (tertiary/aromatic N) is 4. The largest absolute Gasteiger partial charge is 0.494 e. The molecule has 0 aliphatic rings. The van der Waals surface area contributed by atoms with Gasteiger partial charge in [0, 0.05) is 19.5 Å². The highest BCUT2D eigenvalue weighted by Gasteiger charge is 2.13. The molecule has 3 rings (SSSR count). The van der Waals surface area contributed by atoms with Gasteiger partial charge in [0.05, 0.1) is 23.3 Å². The van der Waals surface area contributed by atoms with E-state index < -0.39 is 0 Å². The van der Waals surface area contributed by atoms with Gasteiger partial charge in [-0.2, -0.15) is 0 Å². The fraction of sp³-hybridized carbons (Fsp3) is 0.391. The smallest absolute Gasteiger partial charge is 0.162 e. The topological polar surface area (TPSA) is 68.7 Å². The van der Waals surface area contributed by atoms with Crippen molar-refractivity contribution >= 4 is 43.2 Å². The van der Waals surface area contributed by atoms with Gasteiger partial charge in [-0.1, -0.05) is 26.0 Å². The van der Waals surface area contributed by atoms with Crippen molar-refractivity contribution in [3.05, 3.63) is 53.9 Å². The van der Waals surface area contributed by atoms with Crippen LogP contribution in [0.4, 0.5) is 5.69 Å². The van der Waals surface area contributed by atoms with Gasteiger partial charge in [-0.05, 0) is 78.5 Å². The van der Waals surface area contributed by atoms with Crippen LogP contribution in [-0.4, -0.2) is 44.5 Å². The Bertz CT molecular complexity index is 989. The first-order valence-corrected chi connectivity index (χ1v) is 11.5. The van der Waals surface area contributed by atoms with E-state index in [1.54, 1.807) is 0 Å². The van der Waals surface area contributed by atoms with Crippen LogP contribution in [0.25, 0.3) is 11.0 Å². The zero-order valence-electron chi connectivity index (χ0n) is 17.9. The lowest BCUT2D eigenvalue weighted by Crippen LogP contribution is -2.27. The molecule has 0 saturated heterocycles. The summed E-state index contributed by atoms with van der Waals surface area (Å²) < 4.78 is 8.42. The first kappa shape index (κ1) is 22.6. The Morgan fingerprint density at radius 2 is 1.87 bits per heavy atom. The van der Waals surface area contributed by atoms with Crippen molar-refractivity contribution in [2.45, 2.75) is 33.7 Å². The molecule has 160 valence electrons. The highest BCUT2D eigenvalue weighted by atomic mass is 127. The van der Waals surface area contributed by atoms with Crippen molar-refractivity contribution in [2.75, 3.05) is 26.2 Å². The number of ether oxygens (including phenoxy) is 1. The maximum Gasteiger partial charge on any atom is 0.162 e. The standard InChI is InChI=1S/C23H30IN5O/c1-4-28(5-2)13-14-29-21-16-18(26-23(24)25)9-12-20(21)27-22(29)15-17-7-10-19(11-8-17)30-6-3/h7-12,16H,4-6,13-15H2,1-3H3,(H2,25,26). The molecule has 1 aromatic heterocycles. The van der Waals surface area contributed by atoms with Gasteiger partial charge < -0.3 is 19.9 Å². The monoisotopic (exact) mass is 519 g/mol. The number of likely N-dealkylation sites (N-methyl/N-ethyl adjacent to an activating group) is 1. The van der Waals surface area contributed by atoms with Crippen LogP contribution in [-0.2, 0) is 13.0 Å². The van der Waals surface area contributed by atoms with E-state index in [2.05, 4.69) is 46.5 Å². The summed E-state index contributed by atoms with van der Waals surface area (Å²) >= 11 is 2.03. The first-order valence-electron chi connectivity index (χ1n) is 10.5. The molecule has 3 aromatic rings. The van der Waals surface area contributed by atoms with Gasteiger partial charge in [-0.3, -0.25) is 0 Å². The molecule has 0 amide bonds. The third kappa shape index (κ3) is 5.72. The van der Waals surface area contributed by atoms with Gasteiger partial charge in [-0.25, -0.2) is 9.98 Å². The lowest BCUT2D eigenvalue weighted by molar-refractivity contribution is 0.291. The van der Waals surface area contributed by atoms with Gasteiger partial charge in [0.15, 0.2) is 3.84 Å². The Kier molecular flexibility index (Phi) is 8.09. The molecule has 0 aliphatic heterocycles. The lowest BCUT2D eigenvalue weighted by Gasteiger charge is -2.19. The zero-order valence-corrected chi connectivity index (χ0v) is 20.1. The normalized spacial score (nSPS) is 12.1. The molecule has 1 heterocycles. The SMILES string of the molecule is CCOc1ccc(Cc2nc3ccc(N=C(N)I)cc3n2CCN(CC)CC)cc1. The fourth-order valence-electron chi connectivity index (χ4n) is 3.57. The summed E-state index contributed by atoms with van der Waals surface area (Å²) in [6, 6.07) is 14.4. The van der Waals surface area contributed by atoms with Crippen LogP contribution in [0.5, 0.6) is 5.75 Å². The average molecular weight is 519 g/mol. The Morgan fingerprint density at radius 3 is 2.50 bits per heavy atom. The Morgan fingerprint density at radius 1 is 1.13 bits per heavy atom. The van der Waals surface area contributed by atoms with Crippen LogP contribution < -0.4 is 10.5 Å². The Balaban J connectivity index is 1.96. The number of nitrogens with two attached hydrogens (primary N) is 1. The molecular weight excluding hydrogens is 489 g/mol. The molecule has 0 saturated carbocycles. The molecule has 0 spiro atoms. The summed E-state index contributed by atoms with van der Waals surface area (Å²) in [6.07, 6.45) is 0.770. The highest BCUT2D eigenvalue weighted by Crippen LogP contribution is 2.25. The maximum atomic E-state index is 5.78. The Hall–Kier alpha value is -2.13. The third-order valence-electron chi connectivity index (χ3n) is 5.18. The number of halogens is 1. The second kappa shape index (κ2) is 10.8. The number of fused-ring (bicyclic) bond motifs is 1. The summed E-state index contributed by atoms with van der Waals surface area (Å²) in [4.78, 5) is 11.8. The number of amidine groups is 1. The molecule has 30 heavy (non-hydrogen) atoms. The van der Waals surface area contributed by atoms with E-state index in [1.807, 2.05) is 53.8 Å². The van der Waals surface area contributed by atoms with E-state index >= 15 is 0 Å². The summed E-state index contributed by atoms with van der Waals surface area (Å²) in [5.41, 5.74) is 9.93. The van der Waals surface area contributed by atoms with E-state index in [1.165, 1.54) is 5.56 Å². The molecule has 0 bridgehead atoms. The molecule has 0 fully saturated rings. The molecule has 0 aliphatic carbocycles. The fourth-order valence-corrected chi connectivity index (χ4v) is 3.85. The van der Waals surface area contributed by atoms with Crippen molar-refractivity contribution in [3.8, 4) is 5.75 Å². The highest BCUT2D eigenvalue weighted by molar-refractivity contribution is 14.1. The molecule has 0 atom stereocenters. The number of rotatable bonds is 10. The maximum absolute atomic E-state index is 5.78. The number of benzene rings is 2. The minimum Gasteiger partial charge on any atom is -0.494 e. The minimum atomic E-state index is 0.524. The first-order chi connectivity index (χ1) is 14.5. The van der Waals surface area contributed by atoms with Crippen LogP contribution in [0.1, 0.15) is 32.2 Å². The van der Waals surface area contributed by atoms with E-state index in [9.17, 15) is 0 Å². The van der Waals surface area contributed by atoms with E-state index in [4.69, 9.17) is 15.5 Å². The summed E-state index contributed by atoms with van der Waals surface area (Å²) in [5.74, 6) is 1.96. The van der Waals surface area contributed by atoms with E-state index in [0.717, 1.165) is 60.9 Å². The predicted octanol–water partition coefficient (Wildman–Crippen LogP) is 4.75. The predicted molar refractivity (Wildman–Crippen MR) is 133 cm³/mol. The van der Waals surface area contributed by atoms with Crippen molar-refractivity contribution in [1.29, 1.82) is 0 Å². The molecule has 2 N–H and O–H groups in total. The van der Waals surface area contributed by atoms with Crippen molar-refractivity contribution in [1.82, 2.24) is 14.5 Å². The zero-order chi connectivity index (χ0) is 21.5. The molecule has 2 aromatic carbocycles. The molecule has 0 radical (unpaired) electrons. The van der Waals surface area contributed by atoms with Gasteiger partial charge in [0.25, 0.3) is 0 Å². The molecule has 6 nitrogen and oxygen atoms in total. The van der Waals surface area contributed by atoms with Crippen molar-refractivity contribution in [3.63, 3.8) is 0 Å². The number of hydrogen-bond donors (Lipinski definition) is 1. The van der Waals surface area contributed by atoms with Crippen LogP contribution in [0.15, 0.2) is 47.5 Å². The van der Waals surface area contributed by atoms with Crippen LogP contribution >= 0.6 is 22.6 Å². The van der Waals surface area contributed by atoms with Gasteiger partial charge in [-0.15, -0.1) is 0 Å². The number of aliphatic imine (C=N–C) groups is 1. The van der Waals surface area contributed by atoms with E-state index in [-0.39, 0.29) is 0 Å². The van der Waals surface area contributed by atoms with Gasteiger partial charge in [0.1, 0.15) is 11.6 Å². The average Bonchev–Trinajstić information content (AvgIpc) is 3.06. The summed E-state index contributed by atoms with van der Waals surface area (Å²) in [6.45, 7) is 11.0. The Labute approximate surface area is 192 Å². The summed E-state index contributed by atoms with van der Waals surface area (Å²) in [7, 11) is 0. The van der Waals surface area contributed by atoms with Crippen molar-refractivity contribution < 1.29 is 4.74 Å². The quantitative estimate of drug-likeness (QED) is 0.182. The number of imidazole rings is 1. The number of hydrogen-bond acceptors (Lipinski definition) is 4. The number of aromatic nitrogens is 2.